The Balaban J connectivity index is 1.46. The highest BCUT2D eigenvalue weighted by Gasteiger charge is 2.61. The Labute approximate surface area is 206 Å². The van der Waals surface area contributed by atoms with E-state index in [0.717, 1.165) is 24.8 Å². The number of hydrogen-bond donors (Lipinski definition) is 0. The molecule has 4 nitrogen and oxygen atoms in total. The van der Waals surface area contributed by atoms with Gasteiger partial charge in [0.2, 0.25) is 0 Å². The molecule has 0 saturated heterocycles. The Hall–Kier alpha value is -1.45. The molecule has 0 spiro atoms. The topological polar surface area (TPSA) is 60.4 Å². The molecule has 190 valence electrons. The van der Waals surface area contributed by atoms with Gasteiger partial charge in [-0.3, -0.25) is 14.4 Å². The van der Waals surface area contributed by atoms with Gasteiger partial charge in [-0.2, -0.15) is 0 Å². The van der Waals surface area contributed by atoms with Gasteiger partial charge in [-0.15, -0.1) is 0 Å². The molecule has 3 saturated carbocycles. The van der Waals surface area contributed by atoms with Crippen LogP contribution in [0.15, 0.2) is 11.6 Å². The minimum absolute atomic E-state index is 0.101. The molecule has 0 aromatic heterocycles. The maximum Gasteiger partial charge on any atom is 0.303 e. The number of fused-ring (bicyclic) bond motifs is 5. The summed E-state index contributed by atoms with van der Waals surface area (Å²) in [5, 5.41) is 0. The predicted molar refractivity (Wildman–Crippen MR) is 134 cm³/mol. The van der Waals surface area contributed by atoms with Gasteiger partial charge in [-0.1, -0.05) is 34.1 Å². The summed E-state index contributed by atoms with van der Waals surface area (Å²) in [6.07, 6.45) is 10.9. The average Bonchev–Trinajstić information content (AvgIpc) is 3.09. The number of allylic oxidation sites excluding steroid dienone is 1. The van der Waals surface area contributed by atoms with Gasteiger partial charge in [-0.25, -0.2) is 0 Å². The van der Waals surface area contributed by atoms with E-state index >= 15 is 0 Å². The number of esters is 1. The van der Waals surface area contributed by atoms with Crippen LogP contribution in [0, 0.1) is 46.3 Å². The maximum absolute atomic E-state index is 13.2. The molecule has 0 amide bonds. The van der Waals surface area contributed by atoms with Gasteiger partial charge in [0.05, 0.1) is 0 Å². The van der Waals surface area contributed by atoms with Gasteiger partial charge in [0.15, 0.2) is 11.6 Å². The lowest BCUT2D eigenvalue weighted by Crippen LogP contribution is -2.53. The molecule has 34 heavy (non-hydrogen) atoms. The van der Waals surface area contributed by atoms with Gasteiger partial charge in [-0.05, 0) is 105 Å². The zero-order valence-corrected chi connectivity index (χ0v) is 22.5. The quantitative estimate of drug-likeness (QED) is 0.405. The Morgan fingerprint density at radius 1 is 1.09 bits per heavy atom. The molecule has 0 heterocycles. The highest BCUT2D eigenvalue weighted by Crippen LogP contribution is 2.67. The van der Waals surface area contributed by atoms with E-state index in [9.17, 15) is 14.4 Å². The van der Waals surface area contributed by atoms with Crippen LogP contribution in [-0.2, 0) is 19.1 Å². The van der Waals surface area contributed by atoms with Crippen LogP contribution in [0.25, 0.3) is 0 Å². The molecule has 4 aliphatic carbocycles. The van der Waals surface area contributed by atoms with Gasteiger partial charge in [0.1, 0.15) is 5.60 Å². The molecule has 8 atom stereocenters. The third kappa shape index (κ3) is 4.22. The zero-order valence-electron chi connectivity index (χ0n) is 22.5. The van der Waals surface area contributed by atoms with E-state index in [1.54, 1.807) is 6.08 Å². The largest absolute Gasteiger partial charge is 0.460 e. The van der Waals surface area contributed by atoms with E-state index in [-0.39, 0.29) is 23.0 Å². The van der Waals surface area contributed by atoms with Crippen LogP contribution in [0.4, 0.5) is 0 Å². The molecule has 0 aliphatic heterocycles. The summed E-state index contributed by atoms with van der Waals surface area (Å²) in [6.45, 7) is 15.0. The van der Waals surface area contributed by atoms with Crippen molar-refractivity contribution in [1.82, 2.24) is 0 Å². The minimum atomic E-state index is -0.434. The number of carbonyl (C=O) groups is 3. The first-order chi connectivity index (χ1) is 15.8. The molecule has 0 aromatic rings. The molecule has 0 bridgehead atoms. The first kappa shape index (κ1) is 25.6. The summed E-state index contributed by atoms with van der Waals surface area (Å²) in [4.78, 5) is 36.8. The lowest BCUT2D eigenvalue weighted by atomic mass is 9.46. The standard InChI is InChI=1S/C30H46O4/c1-18(8-9-19(2)28(4,5)34-20(3)31)23-10-11-24-22-17-27(33)26-16-21(32)12-14-30(26,7)25(22)13-15-29(23,24)6/h16,18-19,22-25H,8-15,17H2,1-7H3/t18-,19+,22+,23-,24+,25?,29-,30?/m1/s1. The SMILES string of the molecule is CC(=O)OC(C)(C)[C@@H](C)CC[C@@H](C)[C@H]1CC[C@H]2[C@@H]3CC(=O)C4=CC(=O)CCC4(C)C3CC[C@]12C. The maximum atomic E-state index is 13.2. The van der Waals surface area contributed by atoms with Crippen molar-refractivity contribution < 1.29 is 19.1 Å². The summed E-state index contributed by atoms with van der Waals surface area (Å²) in [5.41, 5.74) is 0.616. The van der Waals surface area contributed by atoms with Crippen LogP contribution in [0.3, 0.4) is 0 Å². The number of carbonyl (C=O) groups excluding carboxylic acids is 3. The third-order valence-electron chi connectivity index (χ3n) is 11.2. The van der Waals surface area contributed by atoms with E-state index in [2.05, 4.69) is 27.7 Å². The van der Waals surface area contributed by atoms with Crippen LogP contribution in [0.5, 0.6) is 0 Å². The summed E-state index contributed by atoms with van der Waals surface area (Å²) in [6, 6.07) is 0. The van der Waals surface area contributed by atoms with E-state index < -0.39 is 5.60 Å². The lowest BCUT2D eigenvalue weighted by Gasteiger charge is -2.58. The Kier molecular flexibility index (Phi) is 6.70. The second-order valence-corrected chi connectivity index (χ2v) is 13.3. The van der Waals surface area contributed by atoms with Crippen molar-refractivity contribution in [2.75, 3.05) is 0 Å². The average molecular weight is 471 g/mol. The van der Waals surface area contributed by atoms with Gasteiger partial charge < -0.3 is 4.74 Å². The number of ketones is 2. The fourth-order valence-corrected chi connectivity index (χ4v) is 8.89. The fourth-order valence-electron chi connectivity index (χ4n) is 8.89. The highest BCUT2D eigenvalue weighted by atomic mass is 16.6. The van der Waals surface area contributed by atoms with E-state index in [1.165, 1.54) is 32.6 Å². The van der Waals surface area contributed by atoms with Gasteiger partial charge in [0.25, 0.3) is 0 Å². The molecule has 4 heteroatoms. The van der Waals surface area contributed by atoms with Gasteiger partial charge >= 0.3 is 5.97 Å². The first-order valence-electron chi connectivity index (χ1n) is 13.8. The van der Waals surface area contributed by atoms with Gasteiger partial charge in [0, 0.05) is 25.3 Å². The zero-order chi connectivity index (χ0) is 25.1. The van der Waals surface area contributed by atoms with Crippen LogP contribution < -0.4 is 0 Å². The third-order valence-corrected chi connectivity index (χ3v) is 11.2. The van der Waals surface area contributed by atoms with E-state index in [1.807, 2.05) is 13.8 Å². The van der Waals surface area contributed by atoms with Crippen LogP contribution >= 0.6 is 0 Å². The van der Waals surface area contributed by atoms with Crippen molar-refractivity contribution >= 4 is 17.5 Å². The Morgan fingerprint density at radius 2 is 1.79 bits per heavy atom. The lowest BCUT2D eigenvalue weighted by molar-refractivity contribution is -0.158. The molecule has 0 aromatic carbocycles. The monoisotopic (exact) mass is 470 g/mol. The number of Topliss-reactive ketones (excluding diaryl/α,β-unsaturated/α-hetero) is 1. The number of hydrogen-bond acceptors (Lipinski definition) is 4. The van der Waals surface area contributed by atoms with Crippen molar-refractivity contribution in [1.29, 1.82) is 0 Å². The van der Waals surface area contributed by atoms with Crippen molar-refractivity contribution in [3.8, 4) is 0 Å². The van der Waals surface area contributed by atoms with Crippen molar-refractivity contribution in [3.63, 3.8) is 0 Å². The van der Waals surface area contributed by atoms with E-state index in [4.69, 9.17) is 4.74 Å². The molecular weight excluding hydrogens is 424 g/mol. The van der Waals surface area contributed by atoms with Crippen molar-refractivity contribution in [2.24, 2.45) is 46.3 Å². The molecule has 0 N–H and O–H groups in total. The second-order valence-electron chi connectivity index (χ2n) is 13.3. The minimum Gasteiger partial charge on any atom is -0.460 e. The second kappa shape index (κ2) is 8.89. The molecule has 4 rings (SSSR count). The van der Waals surface area contributed by atoms with Crippen LogP contribution in [0.2, 0.25) is 0 Å². The summed E-state index contributed by atoms with van der Waals surface area (Å²) < 4.78 is 5.60. The van der Waals surface area contributed by atoms with Crippen molar-refractivity contribution in [3.05, 3.63) is 11.6 Å². The fraction of sp³-hybridized carbons (Fsp3) is 0.833. The highest BCUT2D eigenvalue weighted by molar-refractivity contribution is 6.05. The molecule has 2 unspecified atom stereocenters. The number of rotatable bonds is 6. The molecular formula is C30H46O4. The molecule has 4 aliphatic rings. The Bertz CT molecular complexity index is 884. The van der Waals surface area contributed by atoms with Crippen molar-refractivity contribution in [2.45, 2.75) is 112 Å². The first-order valence-corrected chi connectivity index (χ1v) is 13.8. The van der Waals surface area contributed by atoms with Crippen LogP contribution in [0.1, 0.15) is 106 Å². The predicted octanol–water partition coefficient (Wildman–Crippen LogP) is 6.71. The smallest absolute Gasteiger partial charge is 0.303 e. The molecule has 3 fully saturated rings. The normalized spacial score (nSPS) is 39.4. The Morgan fingerprint density at radius 3 is 2.47 bits per heavy atom. The number of ether oxygens (including phenoxy) is 1. The molecule has 0 radical (unpaired) electrons. The van der Waals surface area contributed by atoms with Crippen LogP contribution in [-0.4, -0.2) is 23.1 Å². The summed E-state index contributed by atoms with van der Waals surface area (Å²) in [7, 11) is 0. The summed E-state index contributed by atoms with van der Waals surface area (Å²) >= 11 is 0. The van der Waals surface area contributed by atoms with E-state index in [0.29, 0.717) is 53.8 Å². The summed E-state index contributed by atoms with van der Waals surface area (Å²) in [5.74, 6) is 3.45.